The summed E-state index contributed by atoms with van der Waals surface area (Å²) in [4.78, 5) is 23.4. The van der Waals surface area contributed by atoms with Crippen molar-refractivity contribution in [3.63, 3.8) is 0 Å². The van der Waals surface area contributed by atoms with Crippen molar-refractivity contribution in [2.24, 2.45) is 0 Å². The fraction of sp³-hybridized carbons (Fsp3) is 0.778. The van der Waals surface area contributed by atoms with E-state index in [9.17, 15) is 9.59 Å². The predicted molar refractivity (Wildman–Crippen MR) is 50.6 cm³/mol. The molecule has 0 unspecified atom stereocenters. The van der Waals surface area contributed by atoms with E-state index < -0.39 is 0 Å². The van der Waals surface area contributed by atoms with E-state index >= 15 is 0 Å². The molecule has 0 aromatic heterocycles. The molecule has 0 bridgehead atoms. The number of aliphatic hydroxyl groups excluding tert-OH is 1. The molecule has 0 fully saturated rings. The van der Waals surface area contributed by atoms with E-state index in [-0.39, 0.29) is 24.9 Å². The van der Waals surface area contributed by atoms with E-state index in [1.807, 2.05) is 0 Å². The molecule has 0 aromatic carbocycles. The highest BCUT2D eigenvalue weighted by atomic mass is 16.5. The molecular formula is C9H17NO4. The van der Waals surface area contributed by atoms with Crippen molar-refractivity contribution in [2.75, 3.05) is 26.8 Å². The number of esters is 1. The summed E-state index contributed by atoms with van der Waals surface area (Å²) in [5, 5.41) is 8.59. The number of carbonyl (C=O) groups excluding carboxylic acids is 2. The Balaban J connectivity index is 3.84. The van der Waals surface area contributed by atoms with Gasteiger partial charge in [0.1, 0.15) is 0 Å². The summed E-state index contributed by atoms with van der Waals surface area (Å²) in [5.74, 6) is -0.428. The van der Waals surface area contributed by atoms with Gasteiger partial charge in [-0.3, -0.25) is 9.59 Å². The van der Waals surface area contributed by atoms with Crippen molar-refractivity contribution in [3.8, 4) is 0 Å². The molecule has 0 spiro atoms. The first kappa shape index (κ1) is 12.9. The first-order valence-electron chi connectivity index (χ1n) is 4.55. The molecule has 0 heterocycles. The normalized spacial score (nSPS) is 9.64. The maximum absolute atomic E-state index is 11.0. The Morgan fingerprint density at radius 2 is 2.00 bits per heavy atom. The summed E-state index contributed by atoms with van der Waals surface area (Å²) in [6.45, 7) is 2.31. The lowest BCUT2D eigenvalue weighted by molar-refractivity contribution is -0.141. The molecule has 0 saturated heterocycles. The van der Waals surface area contributed by atoms with Crippen LogP contribution in [0.5, 0.6) is 0 Å². The molecule has 0 rings (SSSR count). The number of aliphatic hydroxyl groups is 1. The maximum atomic E-state index is 11.0. The Labute approximate surface area is 83.6 Å². The lowest BCUT2D eigenvalue weighted by atomic mass is 10.3. The molecule has 0 aliphatic heterocycles. The van der Waals surface area contributed by atoms with E-state index in [1.165, 1.54) is 18.9 Å². The lowest BCUT2D eigenvalue weighted by Gasteiger charge is -2.19. The number of hydrogen-bond acceptors (Lipinski definition) is 4. The highest BCUT2D eigenvalue weighted by Crippen LogP contribution is 1.96. The predicted octanol–water partition coefficient (Wildman–Crippen LogP) is -0.220. The van der Waals surface area contributed by atoms with E-state index in [2.05, 4.69) is 4.74 Å². The molecule has 5 heteroatoms. The topological polar surface area (TPSA) is 66.8 Å². The molecule has 0 radical (unpaired) electrons. The van der Waals surface area contributed by atoms with Gasteiger partial charge in [0.15, 0.2) is 0 Å². The van der Waals surface area contributed by atoms with Gasteiger partial charge in [0, 0.05) is 26.6 Å². The highest BCUT2D eigenvalue weighted by Gasteiger charge is 2.10. The van der Waals surface area contributed by atoms with Crippen LogP contribution in [0.15, 0.2) is 0 Å². The van der Waals surface area contributed by atoms with Crippen molar-refractivity contribution in [2.45, 2.75) is 19.8 Å². The van der Waals surface area contributed by atoms with E-state index in [0.29, 0.717) is 19.5 Å². The van der Waals surface area contributed by atoms with Gasteiger partial charge in [-0.05, 0) is 6.42 Å². The number of carbonyl (C=O) groups is 2. The second kappa shape index (κ2) is 7.32. The Kier molecular flexibility index (Phi) is 6.74. The van der Waals surface area contributed by atoms with Crippen LogP contribution in [0.1, 0.15) is 19.8 Å². The van der Waals surface area contributed by atoms with Crippen LogP contribution in [0.25, 0.3) is 0 Å². The lowest BCUT2D eigenvalue weighted by Crippen LogP contribution is -2.32. The second-order valence-electron chi connectivity index (χ2n) is 2.91. The van der Waals surface area contributed by atoms with Crippen LogP contribution in [-0.4, -0.2) is 48.7 Å². The van der Waals surface area contributed by atoms with Crippen LogP contribution >= 0.6 is 0 Å². The minimum absolute atomic E-state index is 0.0437. The van der Waals surface area contributed by atoms with Crippen molar-refractivity contribution in [3.05, 3.63) is 0 Å². The van der Waals surface area contributed by atoms with Crippen LogP contribution in [-0.2, 0) is 14.3 Å². The van der Waals surface area contributed by atoms with Gasteiger partial charge < -0.3 is 14.7 Å². The zero-order valence-electron chi connectivity index (χ0n) is 8.65. The molecule has 5 nitrogen and oxygen atoms in total. The standard InChI is InChI=1S/C9H17NO4/c1-8(12)10(5-3-7-11)6-4-9(13)14-2/h11H,3-7H2,1-2H3. The van der Waals surface area contributed by atoms with Crippen LogP contribution in [0.2, 0.25) is 0 Å². The van der Waals surface area contributed by atoms with Crippen molar-refractivity contribution >= 4 is 11.9 Å². The van der Waals surface area contributed by atoms with E-state index in [4.69, 9.17) is 5.11 Å². The van der Waals surface area contributed by atoms with Gasteiger partial charge in [0.2, 0.25) is 5.91 Å². The molecule has 1 N–H and O–H groups in total. The van der Waals surface area contributed by atoms with Gasteiger partial charge in [0.25, 0.3) is 0 Å². The quantitative estimate of drug-likeness (QED) is 0.606. The summed E-state index contributed by atoms with van der Waals surface area (Å²) in [5.41, 5.74) is 0. The van der Waals surface area contributed by atoms with Crippen LogP contribution < -0.4 is 0 Å². The average molecular weight is 203 g/mol. The minimum Gasteiger partial charge on any atom is -0.469 e. The largest absolute Gasteiger partial charge is 0.469 e. The molecule has 82 valence electrons. The monoisotopic (exact) mass is 203 g/mol. The average Bonchev–Trinajstić information content (AvgIpc) is 2.16. The summed E-state index contributed by atoms with van der Waals surface area (Å²) in [7, 11) is 1.31. The Bertz CT molecular complexity index is 193. The van der Waals surface area contributed by atoms with Crippen molar-refractivity contribution < 1.29 is 19.4 Å². The number of rotatable bonds is 6. The third-order valence-electron chi connectivity index (χ3n) is 1.84. The first-order chi connectivity index (χ1) is 6.61. The Morgan fingerprint density at radius 3 is 2.43 bits per heavy atom. The summed E-state index contributed by atoms with van der Waals surface area (Å²) >= 11 is 0. The second-order valence-corrected chi connectivity index (χ2v) is 2.91. The van der Waals surface area contributed by atoms with Crippen molar-refractivity contribution in [1.29, 1.82) is 0 Å². The first-order valence-corrected chi connectivity index (χ1v) is 4.55. The number of methoxy groups -OCH3 is 1. The van der Waals surface area contributed by atoms with E-state index in [1.54, 1.807) is 0 Å². The summed E-state index contributed by atoms with van der Waals surface area (Å²) < 4.78 is 4.46. The molecule has 0 atom stereocenters. The van der Waals surface area contributed by atoms with Gasteiger partial charge in [-0.15, -0.1) is 0 Å². The molecule has 0 saturated carbocycles. The third kappa shape index (κ3) is 5.53. The maximum Gasteiger partial charge on any atom is 0.307 e. The Hall–Kier alpha value is -1.10. The SMILES string of the molecule is COC(=O)CCN(CCCO)C(C)=O. The molecular weight excluding hydrogens is 186 g/mol. The molecule has 1 amide bonds. The van der Waals surface area contributed by atoms with Crippen LogP contribution in [0.3, 0.4) is 0 Å². The molecule has 14 heavy (non-hydrogen) atoms. The third-order valence-corrected chi connectivity index (χ3v) is 1.84. The van der Waals surface area contributed by atoms with Crippen molar-refractivity contribution in [1.82, 2.24) is 4.90 Å². The summed E-state index contributed by atoms with van der Waals surface area (Å²) in [6, 6.07) is 0. The van der Waals surface area contributed by atoms with Crippen LogP contribution in [0.4, 0.5) is 0 Å². The fourth-order valence-corrected chi connectivity index (χ4v) is 1.02. The van der Waals surface area contributed by atoms with Gasteiger partial charge in [0.05, 0.1) is 13.5 Å². The number of hydrogen-bond donors (Lipinski definition) is 1. The number of amides is 1. The smallest absolute Gasteiger partial charge is 0.307 e. The Morgan fingerprint density at radius 1 is 1.36 bits per heavy atom. The van der Waals surface area contributed by atoms with Gasteiger partial charge in [-0.2, -0.15) is 0 Å². The minimum atomic E-state index is -0.333. The fourth-order valence-electron chi connectivity index (χ4n) is 1.02. The highest BCUT2D eigenvalue weighted by molar-refractivity contribution is 5.74. The summed E-state index contributed by atoms with van der Waals surface area (Å²) in [6.07, 6.45) is 0.724. The van der Waals surface area contributed by atoms with Gasteiger partial charge >= 0.3 is 5.97 Å². The van der Waals surface area contributed by atoms with Gasteiger partial charge in [-0.1, -0.05) is 0 Å². The zero-order chi connectivity index (χ0) is 11.0. The molecule has 0 aliphatic carbocycles. The number of nitrogens with zero attached hydrogens (tertiary/aromatic N) is 1. The van der Waals surface area contributed by atoms with E-state index in [0.717, 1.165) is 0 Å². The zero-order valence-corrected chi connectivity index (χ0v) is 8.65. The molecule has 0 aromatic rings. The number of ether oxygens (including phenoxy) is 1. The van der Waals surface area contributed by atoms with Gasteiger partial charge in [-0.25, -0.2) is 0 Å². The molecule has 0 aliphatic rings. The van der Waals surface area contributed by atoms with Crippen LogP contribution in [0, 0.1) is 0 Å².